The number of ether oxygens (including phenoxy) is 1. The van der Waals surface area contributed by atoms with Gasteiger partial charge in [-0.15, -0.1) is 0 Å². The Morgan fingerprint density at radius 1 is 1.46 bits per heavy atom. The first-order valence-electron chi connectivity index (χ1n) is 4.77. The van der Waals surface area contributed by atoms with Gasteiger partial charge in [-0.05, 0) is 19.3 Å². The van der Waals surface area contributed by atoms with Crippen molar-refractivity contribution in [2.75, 3.05) is 13.2 Å². The maximum atomic E-state index is 11.2. The smallest absolute Gasteiger partial charge is 0.322 e. The van der Waals surface area contributed by atoms with Gasteiger partial charge in [0.2, 0.25) is 0 Å². The monoisotopic (exact) mass is 187 g/mol. The molecular weight excluding hydrogens is 166 g/mol. The number of hydrogen-bond donors (Lipinski definition) is 1. The SMILES string of the molecule is CCOC(=O)C(C)NCC(C)(C)C. The van der Waals surface area contributed by atoms with Crippen LogP contribution in [0.3, 0.4) is 0 Å². The molecule has 0 radical (unpaired) electrons. The molecule has 0 aliphatic heterocycles. The van der Waals surface area contributed by atoms with Crippen LogP contribution in [0.1, 0.15) is 34.6 Å². The first kappa shape index (κ1) is 12.4. The van der Waals surface area contributed by atoms with Gasteiger partial charge in [0.25, 0.3) is 0 Å². The summed E-state index contributed by atoms with van der Waals surface area (Å²) < 4.78 is 4.87. The van der Waals surface area contributed by atoms with Crippen molar-refractivity contribution in [2.24, 2.45) is 5.41 Å². The summed E-state index contributed by atoms with van der Waals surface area (Å²) in [5.41, 5.74) is 0.195. The molecule has 1 unspecified atom stereocenters. The Morgan fingerprint density at radius 3 is 2.38 bits per heavy atom. The van der Waals surface area contributed by atoms with E-state index in [0.29, 0.717) is 6.61 Å². The lowest BCUT2D eigenvalue weighted by Gasteiger charge is -2.21. The van der Waals surface area contributed by atoms with Gasteiger partial charge >= 0.3 is 5.97 Å². The summed E-state index contributed by atoms with van der Waals surface area (Å²) in [5, 5.41) is 3.13. The molecule has 0 rings (SSSR count). The maximum Gasteiger partial charge on any atom is 0.322 e. The Labute approximate surface area is 80.8 Å². The van der Waals surface area contributed by atoms with Crippen molar-refractivity contribution in [1.82, 2.24) is 5.32 Å². The van der Waals surface area contributed by atoms with E-state index in [4.69, 9.17) is 4.74 Å². The van der Waals surface area contributed by atoms with E-state index in [1.807, 2.05) is 13.8 Å². The van der Waals surface area contributed by atoms with E-state index in [-0.39, 0.29) is 17.4 Å². The molecule has 0 aliphatic rings. The van der Waals surface area contributed by atoms with Crippen molar-refractivity contribution in [1.29, 1.82) is 0 Å². The summed E-state index contributed by atoms with van der Waals surface area (Å²) in [7, 11) is 0. The van der Waals surface area contributed by atoms with Crippen LogP contribution in [0, 0.1) is 5.41 Å². The molecule has 0 bridgehead atoms. The normalized spacial score (nSPS) is 13.9. The number of nitrogens with one attached hydrogen (secondary N) is 1. The largest absolute Gasteiger partial charge is 0.465 e. The van der Waals surface area contributed by atoms with Crippen LogP contribution < -0.4 is 5.32 Å². The quantitative estimate of drug-likeness (QED) is 0.679. The van der Waals surface area contributed by atoms with Crippen molar-refractivity contribution in [3.8, 4) is 0 Å². The first-order chi connectivity index (χ1) is 5.87. The average Bonchev–Trinajstić information content (AvgIpc) is 1.99. The van der Waals surface area contributed by atoms with Crippen molar-refractivity contribution < 1.29 is 9.53 Å². The molecule has 1 atom stereocenters. The highest BCUT2D eigenvalue weighted by Gasteiger charge is 2.16. The van der Waals surface area contributed by atoms with E-state index in [1.165, 1.54) is 0 Å². The number of esters is 1. The lowest BCUT2D eigenvalue weighted by atomic mass is 9.97. The standard InChI is InChI=1S/C10H21NO2/c1-6-13-9(12)8(2)11-7-10(3,4)5/h8,11H,6-7H2,1-5H3. The molecular formula is C10H21NO2. The van der Waals surface area contributed by atoms with Crippen molar-refractivity contribution in [3.63, 3.8) is 0 Å². The van der Waals surface area contributed by atoms with E-state index in [0.717, 1.165) is 6.54 Å². The summed E-state index contributed by atoms with van der Waals surface area (Å²) in [6.45, 7) is 11.3. The average molecular weight is 187 g/mol. The zero-order chi connectivity index (χ0) is 10.5. The van der Waals surface area contributed by atoms with Gasteiger partial charge in [0.05, 0.1) is 6.61 Å². The second-order valence-electron chi connectivity index (χ2n) is 4.42. The Bertz CT molecular complexity index is 161. The van der Waals surface area contributed by atoms with E-state index in [9.17, 15) is 4.79 Å². The molecule has 0 saturated heterocycles. The molecule has 0 heterocycles. The zero-order valence-electron chi connectivity index (χ0n) is 9.31. The Kier molecular flexibility index (Phi) is 4.99. The minimum Gasteiger partial charge on any atom is -0.465 e. The summed E-state index contributed by atoms with van der Waals surface area (Å²) in [4.78, 5) is 11.2. The van der Waals surface area contributed by atoms with Gasteiger partial charge in [0.15, 0.2) is 0 Å². The molecule has 0 aliphatic carbocycles. The van der Waals surface area contributed by atoms with Gasteiger partial charge in [-0.25, -0.2) is 0 Å². The van der Waals surface area contributed by atoms with Gasteiger partial charge in [0.1, 0.15) is 6.04 Å². The Morgan fingerprint density at radius 2 is 2.00 bits per heavy atom. The number of carbonyl (C=O) groups is 1. The van der Waals surface area contributed by atoms with Crippen LogP contribution in [-0.4, -0.2) is 25.2 Å². The lowest BCUT2D eigenvalue weighted by Crippen LogP contribution is -2.39. The Balaban J connectivity index is 3.74. The van der Waals surface area contributed by atoms with E-state index < -0.39 is 0 Å². The lowest BCUT2D eigenvalue weighted by molar-refractivity contribution is -0.145. The topological polar surface area (TPSA) is 38.3 Å². The van der Waals surface area contributed by atoms with Crippen LogP contribution in [-0.2, 0) is 9.53 Å². The van der Waals surface area contributed by atoms with Gasteiger partial charge in [-0.3, -0.25) is 4.79 Å². The van der Waals surface area contributed by atoms with Crippen LogP contribution >= 0.6 is 0 Å². The van der Waals surface area contributed by atoms with E-state index in [1.54, 1.807) is 0 Å². The van der Waals surface area contributed by atoms with Crippen LogP contribution in [0.4, 0.5) is 0 Å². The fourth-order valence-electron chi connectivity index (χ4n) is 0.810. The van der Waals surface area contributed by atoms with Crippen molar-refractivity contribution in [3.05, 3.63) is 0 Å². The molecule has 13 heavy (non-hydrogen) atoms. The third-order valence-electron chi connectivity index (χ3n) is 1.58. The fraction of sp³-hybridized carbons (Fsp3) is 0.900. The summed E-state index contributed by atoms with van der Waals surface area (Å²) in [5.74, 6) is -0.174. The second kappa shape index (κ2) is 5.22. The number of carbonyl (C=O) groups excluding carboxylic acids is 1. The molecule has 0 aromatic rings. The van der Waals surface area contributed by atoms with Crippen LogP contribution in [0.2, 0.25) is 0 Å². The molecule has 78 valence electrons. The summed E-state index contributed by atoms with van der Waals surface area (Å²) in [6, 6.07) is -0.209. The van der Waals surface area contributed by atoms with E-state index in [2.05, 4.69) is 26.1 Å². The predicted molar refractivity (Wildman–Crippen MR) is 53.6 cm³/mol. The van der Waals surface area contributed by atoms with Gasteiger partial charge in [0, 0.05) is 6.54 Å². The van der Waals surface area contributed by atoms with Crippen LogP contribution in [0.25, 0.3) is 0 Å². The molecule has 3 nitrogen and oxygen atoms in total. The molecule has 0 fully saturated rings. The summed E-state index contributed by atoms with van der Waals surface area (Å²) in [6.07, 6.45) is 0. The molecule has 0 aromatic heterocycles. The first-order valence-corrected chi connectivity index (χ1v) is 4.77. The molecule has 0 amide bonds. The second-order valence-corrected chi connectivity index (χ2v) is 4.42. The third-order valence-corrected chi connectivity index (χ3v) is 1.58. The zero-order valence-corrected chi connectivity index (χ0v) is 9.31. The van der Waals surface area contributed by atoms with Crippen LogP contribution in [0.5, 0.6) is 0 Å². The van der Waals surface area contributed by atoms with Gasteiger partial charge < -0.3 is 10.1 Å². The third kappa shape index (κ3) is 6.58. The summed E-state index contributed by atoms with van der Waals surface area (Å²) >= 11 is 0. The molecule has 0 saturated carbocycles. The molecule has 3 heteroatoms. The fourth-order valence-corrected chi connectivity index (χ4v) is 0.810. The molecule has 1 N–H and O–H groups in total. The number of hydrogen-bond acceptors (Lipinski definition) is 3. The molecule has 0 aromatic carbocycles. The van der Waals surface area contributed by atoms with Crippen LogP contribution in [0.15, 0.2) is 0 Å². The van der Waals surface area contributed by atoms with Crippen molar-refractivity contribution in [2.45, 2.75) is 40.7 Å². The Hall–Kier alpha value is -0.570. The highest BCUT2D eigenvalue weighted by molar-refractivity contribution is 5.75. The van der Waals surface area contributed by atoms with E-state index >= 15 is 0 Å². The highest BCUT2D eigenvalue weighted by Crippen LogP contribution is 2.10. The van der Waals surface area contributed by atoms with Gasteiger partial charge in [-0.1, -0.05) is 20.8 Å². The number of rotatable bonds is 4. The highest BCUT2D eigenvalue weighted by atomic mass is 16.5. The van der Waals surface area contributed by atoms with Gasteiger partial charge in [-0.2, -0.15) is 0 Å². The minimum atomic E-state index is -0.209. The maximum absolute atomic E-state index is 11.2. The predicted octanol–water partition coefficient (Wildman–Crippen LogP) is 1.57. The minimum absolute atomic E-state index is 0.174. The van der Waals surface area contributed by atoms with Crippen molar-refractivity contribution >= 4 is 5.97 Å². The molecule has 0 spiro atoms.